The number of carbonyl (C=O) groups is 1. The Hall–Kier alpha value is -2.17. The number of rotatable bonds is 2. The summed E-state index contributed by atoms with van der Waals surface area (Å²) in [6.07, 6.45) is 1.74. The number of hydrogen-bond donors (Lipinski definition) is 0. The first-order chi connectivity index (χ1) is 8.74. The fourth-order valence-corrected chi connectivity index (χ4v) is 2.21. The average molecular weight is 243 g/mol. The molecule has 0 spiro atoms. The predicted octanol–water partition coefficient (Wildman–Crippen LogP) is 1.90. The van der Waals surface area contributed by atoms with Gasteiger partial charge in [-0.15, -0.1) is 0 Å². The summed E-state index contributed by atoms with van der Waals surface area (Å²) < 4.78 is 4.73. The SMILES string of the molecule is Cc1ccc(N2CC(c3ncon3)CC2=O)cc1. The second kappa shape index (κ2) is 4.25. The molecular weight excluding hydrogens is 230 g/mol. The third-order valence-corrected chi connectivity index (χ3v) is 3.21. The highest BCUT2D eigenvalue weighted by Crippen LogP contribution is 2.30. The van der Waals surface area contributed by atoms with Gasteiger partial charge in [0.2, 0.25) is 12.3 Å². The van der Waals surface area contributed by atoms with Gasteiger partial charge in [0.25, 0.3) is 0 Å². The highest BCUT2D eigenvalue weighted by Gasteiger charge is 2.33. The molecule has 0 bridgehead atoms. The molecule has 1 fully saturated rings. The Morgan fingerprint density at radius 1 is 1.33 bits per heavy atom. The number of nitrogens with zero attached hydrogens (tertiary/aromatic N) is 3. The topological polar surface area (TPSA) is 59.2 Å². The molecule has 0 radical (unpaired) electrons. The van der Waals surface area contributed by atoms with Crippen LogP contribution in [0.15, 0.2) is 35.2 Å². The quantitative estimate of drug-likeness (QED) is 0.808. The van der Waals surface area contributed by atoms with Crippen LogP contribution >= 0.6 is 0 Å². The molecule has 1 amide bonds. The van der Waals surface area contributed by atoms with Crippen LogP contribution in [0.25, 0.3) is 0 Å². The Kier molecular flexibility index (Phi) is 2.59. The van der Waals surface area contributed by atoms with Crippen LogP contribution < -0.4 is 4.90 Å². The van der Waals surface area contributed by atoms with Crippen molar-refractivity contribution in [1.82, 2.24) is 10.1 Å². The van der Waals surface area contributed by atoms with Crippen LogP contribution in [0.1, 0.15) is 23.7 Å². The number of carbonyl (C=O) groups excluding carboxylic acids is 1. The molecule has 1 saturated heterocycles. The van der Waals surface area contributed by atoms with Crippen molar-refractivity contribution < 1.29 is 9.32 Å². The maximum absolute atomic E-state index is 12.0. The minimum atomic E-state index is 0.0255. The van der Waals surface area contributed by atoms with E-state index in [0.717, 1.165) is 5.69 Å². The van der Waals surface area contributed by atoms with Gasteiger partial charge in [0.1, 0.15) is 0 Å². The maximum atomic E-state index is 12.0. The molecule has 1 atom stereocenters. The van der Waals surface area contributed by atoms with Crippen molar-refractivity contribution in [3.63, 3.8) is 0 Å². The van der Waals surface area contributed by atoms with Gasteiger partial charge in [0, 0.05) is 24.6 Å². The Labute approximate surface area is 104 Å². The van der Waals surface area contributed by atoms with Crippen LogP contribution in [-0.4, -0.2) is 22.6 Å². The third-order valence-electron chi connectivity index (χ3n) is 3.21. The molecule has 92 valence electrons. The zero-order chi connectivity index (χ0) is 12.5. The first-order valence-electron chi connectivity index (χ1n) is 5.87. The fraction of sp³-hybridized carbons (Fsp3) is 0.308. The van der Waals surface area contributed by atoms with Gasteiger partial charge in [0.15, 0.2) is 5.82 Å². The van der Waals surface area contributed by atoms with Gasteiger partial charge >= 0.3 is 0 Å². The number of aryl methyl sites for hydroxylation is 1. The van der Waals surface area contributed by atoms with E-state index in [-0.39, 0.29) is 11.8 Å². The van der Waals surface area contributed by atoms with Crippen molar-refractivity contribution in [2.45, 2.75) is 19.3 Å². The molecule has 0 N–H and O–H groups in total. The highest BCUT2D eigenvalue weighted by atomic mass is 16.5. The van der Waals surface area contributed by atoms with Crippen molar-refractivity contribution >= 4 is 11.6 Å². The van der Waals surface area contributed by atoms with Crippen LogP contribution in [0.2, 0.25) is 0 Å². The van der Waals surface area contributed by atoms with E-state index < -0.39 is 0 Å². The molecule has 1 aromatic heterocycles. The largest absolute Gasteiger partial charge is 0.343 e. The third kappa shape index (κ3) is 1.88. The normalized spacial score (nSPS) is 19.5. The standard InChI is InChI=1S/C13H13N3O2/c1-9-2-4-11(5-3-9)16-7-10(6-12(16)17)13-14-8-18-15-13/h2-5,8,10H,6-7H2,1H3. The van der Waals surface area contributed by atoms with Gasteiger partial charge < -0.3 is 9.42 Å². The van der Waals surface area contributed by atoms with E-state index in [4.69, 9.17) is 4.52 Å². The minimum Gasteiger partial charge on any atom is -0.343 e. The summed E-state index contributed by atoms with van der Waals surface area (Å²) >= 11 is 0. The Balaban J connectivity index is 1.82. The van der Waals surface area contributed by atoms with Crippen LogP contribution in [0.5, 0.6) is 0 Å². The number of hydrogen-bond acceptors (Lipinski definition) is 4. The van der Waals surface area contributed by atoms with Gasteiger partial charge in [-0.2, -0.15) is 4.98 Å². The lowest BCUT2D eigenvalue weighted by atomic mass is 10.1. The van der Waals surface area contributed by atoms with Crippen LogP contribution in [-0.2, 0) is 4.79 Å². The monoisotopic (exact) mass is 243 g/mol. The van der Waals surface area contributed by atoms with E-state index in [1.807, 2.05) is 31.2 Å². The van der Waals surface area contributed by atoms with Crippen LogP contribution in [0, 0.1) is 6.92 Å². The molecule has 1 aliphatic heterocycles. The second-order valence-corrected chi connectivity index (χ2v) is 4.53. The lowest BCUT2D eigenvalue weighted by Crippen LogP contribution is -2.24. The van der Waals surface area contributed by atoms with Gasteiger partial charge in [-0.1, -0.05) is 22.9 Å². The molecule has 1 aromatic carbocycles. The molecular formula is C13H13N3O2. The van der Waals surface area contributed by atoms with Gasteiger partial charge in [0.05, 0.1) is 0 Å². The van der Waals surface area contributed by atoms with E-state index in [1.54, 1.807) is 4.90 Å². The van der Waals surface area contributed by atoms with E-state index in [0.29, 0.717) is 18.8 Å². The zero-order valence-electron chi connectivity index (χ0n) is 10.0. The van der Waals surface area contributed by atoms with E-state index in [2.05, 4.69) is 10.1 Å². The van der Waals surface area contributed by atoms with Crippen LogP contribution in [0.4, 0.5) is 5.69 Å². The summed E-state index contributed by atoms with van der Waals surface area (Å²) in [4.78, 5) is 17.8. The second-order valence-electron chi connectivity index (χ2n) is 4.53. The van der Waals surface area contributed by atoms with Gasteiger partial charge in [-0.05, 0) is 19.1 Å². The highest BCUT2D eigenvalue weighted by molar-refractivity contribution is 5.96. The molecule has 1 aliphatic rings. The lowest BCUT2D eigenvalue weighted by molar-refractivity contribution is -0.117. The Morgan fingerprint density at radius 3 is 2.78 bits per heavy atom. The minimum absolute atomic E-state index is 0.0255. The molecule has 5 heteroatoms. The summed E-state index contributed by atoms with van der Waals surface area (Å²) in [5.41, 5.74) is 2.11. The van der Waals surface area contributed by atoms with Gasteiger partial charge in [-0.25, -0.2) is 0 Å². The summed E-state index contributed by atoms with van der Waals surface area (Å²) in [5.74, 6) is 0.740. The van der Waals surface area contributed by atoms with Gasteiger partial charge in [-0.3, -0.25) is 4.79 Å². The number of amides is 1. The maximum Gasteiger partial charge on any atom is 0.227 e. The Bertz CT molecular complexity index is 548. The lowest BCUT2D eigenvalue weighted by Gasteiger charge is -2.16. The number of aromatic nitrogens is 2. The van der Waals surface area contributed by atoms with E-state index >= 15 is 0 Å². The summed E-state index contributed by atoms with van der Waals surface area (Å²) in [6.45, 7) is 2.64. The van der Waals surface area contributed by atoms with Crippen molar-refractivity contribution in [3.8, 4) is 0 Å². The summed E-state index contributed by atoms with van der Waals surface area (Å²) in [7, 11) is 0. The molecule has 0 saturated carbocycles. The molecule has 5 nitrogen and oxygen atoms in total. The van der Waals surface area contributed by atoms with Crippen molar-refractivity contribution in [2.75, 3.05) is 11.4 Å². The number of benzene rings is 1. The van der Waals surface area contributed by atoms with E-state index in [9.17, 15) is 4.79 Å². The zero-order valence-corrected chi connectivity index (χ0v) is 10.0. The summed E-state index contributed by atoms with van der Waals surface area (Å²) in [6, 6.07) is 7.94. The molecule has 2 aromatic rings. The van der Waals surface area contributed by atoms with Crippen LogP contribution in [0.3, 0.4) is 0 Å². The molecule has 1 unspecified atom stereocenters. The fourth-order valence-electron chi connectivity index (χ4n) is 2.21. The molecule has 3 rings (SSSR count). The van der Waals surface area contributed by atoms with Crippen molar-refractivity contribution in [2.24, 2.45) is 0 Å². The molecule has 18 heavy (non-hydrogen) atoms. The summed E-state index contributed by atoms with van der Waals surface area (Å²) in [5, 5.41) is 3.81. The number of anilines is 1. The smallest absolute Gasteiger partial charge is 0.227 e. The van der Waals surface area contributed by atoms with E-state index in [1.165, 1.54) is 12.0 Å². The van der Waals surface area contributed by atoms with Crippen molar-refractivity contribution in [3.05, 3.63) is 42.0 Å². The Morgan fingerprint density at radius 2 is 2.11 bits per heavy atom. The first kappa shape index (κ1) is 11.0. The molecule has 0 aliphatic carbocycles. The average Bonchev–Trinajstić information content (AvgIpc) is 2.99. The van der Waals surface area contributed by atoms with Crippen molar-refractivity contribution in [1.29, 1.82) is 0 Å². The first-order valence-corrected chi connectivity index (χ1v) is 5.87. The predicted molar refractivity (Wildman–Crippen MR) is 65.2 cm³/mol. The molecule has 2 heterocycles.